The van der Waals surface area contributed by atoms with Gasteiger partial charge in [-0.3, -0.25) is 4.98 Å². The van der Waals surface area contributed by atoms with E-state index in [0.717, 1.165) is 26.8 Å². The van der Waals surface area contributed by atoms with E-state index in [0.29, 0.717) is 13.2 Å². The van der Waals surface area contributed by atoms with Crippen LogP contribution in [0.1, 0.15) is 20.8 Å². The Labute approximate surface area is 127 Å². The fraction of sp³-hybridized carbons (Fsp3) is 0.400. The largest absolute Gasteiger partial charge is 0.398 e. The molecule has 4 nitrogen and oxygen atoms in total. The summed E-state index contributed by atoms with van der Waals surface area (Å²) < 4.78 is 6.61. The van der Waals surface area contributed by atoms with Gasteiger partial charge in [-0.25, -0.2) is 0 Å². The van der Waals surface area contributed by atoms with Gasteiger partial charge in [-0.05, 0) is 54.9 Å². The maximum absolute atomic E-state index is 6.01. The molecule has 0 radical (unpaired) electrons. The Hall–Kier alpha value is -1.33. The zero-order valence-corrected chi connectivity index (χ0v) is 13.6. The van der Waals surface area contributed by atoms with Crippen molar-refractivity contribution in [2.75, 3.05) is 24.2 Å². The summed E-state index contributed by atoms with van der Waals surface area (Å²) in [6.45, 7) is 7.53. The molecule has 2 rings (SSSR count). The summed E-state index contributed by atoms with van der Waals surface area (Å²) in [6, 6.07) is 5.84. The van der Waals surface area contributed by atoms with Crippen LogP contribution in [0, 0.1) is 0 Å². The topological polar surface area (TPSA) is 60.2 Å². The van der Waals surface area contributed by atoms with Crippen LogP contribution in [0.25, 0.3) is 10.9 Å². The number of benzene rings is 1. The van der Waals surface area contributed by atoms with E-state index in [9.17, 15) is 0 Å². The molecule has 1 aromatic carbocycles. The summed E-state index contributed by atoms with van der Waals surface area (Å²) in [7, 11) is 0. The number of anilines is 2. The van der Waals surface area contributed by atoms with Gasteiger partial charge in [-0.2, -0.15) is 0 Å². The second-order valence-electron chi connectivity index (χ2n) is 5.30. The van der Waals surface area contributed by atoms with Crippen molar-refractivity contribution in [3.63, 3.8) is 0 Å². The molecule has 20 heavy (non-hydrogen) atoms. The van der Waals surface area contributed by atoms with Gasteiger partial charge in [0.1, 0.15) is 0 Å². The lowest BCUT2D eigenvalue weighted by molar-refractivity contribution is 0.000717. The van der Waals surface area contributed by atoms with Crippen LogP contribution in [-0.4, -0.2) is 23.7 Å². The Bertz CT molecular complexity index is 613. The van der Waals surface area contributed by atoms with Gasteiger partial charge in [-0.1, -0.05) is 0 Å². The normalized spacial score (nSPS) is 11.8. The van der Waals surface area contributed by atoms with Crippen LogP contribution in [0.4, 0.5) is 11.4 Å². The zero-order chi connectivity index (χ0) is 14.8. The molecule has 0 aliphatic carbocycles. The fourth-order valence-corrected chi connectivity index (χ4v) is 2.44. The van der Waals surface area contributed by atoms with Gasteiger partial charge < -0.3 is 15.8 Å². The third-order valence-electron chi connectivity index (χ3n) is 3.09. The van der Waals surface area contributed by atoms with Gasteiger partial charge in [0.25, 0.3) is 0 Å². The molecule has 0 aliphatic rings. The number of hydrogen-bond donors (Lipinski definition) is 2. The molecule has 108 valence electrons. The minimum Gasteiger partial charge on any atom is -0.398 e. The standard InChI is InChI=1S/C15H20BrN3O/c1-4-20-15(2,3)9-19-13-6-5-12(17)11-7-10(16)8-18-14(11)13/h5-8,19H,4,9,17H2,1-3H3. The van der Waals surface area contributed by atoms with Gasteiger partial charge in [0.15, 0.2) is 0 Å². The number of fused-ring (bicyclic) bond motifs is 1. The molecular formula is C15H20BrN3O. The number of halogens is 1. The number of pyridine rings is 1. The lowest BCUT2D eigenvalue weighted by Crippen LogP contribution is -2.33. The van der Waals surface area contributed by atoms with Crippen molar-refractivity contribution in [1.82, 2.24) is 4.98 Å². The minimum atomic E-state index is -0.224. The molecule has 3 N–H and O–H groups in total. The predicted octanol–water partition coefficient (Wildman–Crippen LogP) is 3.81. The highest BCUT2D eigenvalue weighted by atomic mass is 79.9. The van der Waals surface area contributed by atoms with Crippen LogP contribution in [0.2, 0.25) is 0 Å². The number of nitrogen functional groups attached to an aromatic ring is 1. The molecule has 1 aromatic heterocycles. The lowest BCUT2D eigenvalue weighted by atomic mass is 10.1. The monoisotopic (exact) mass is 337 g/mol. The maximum Gasteiger partial charge on any atom is 0.0954 e. The molecule has 0 bridgehead atoms. The molecule has 2 aromatic rings. The Morgan fingerprint density at radius 1 is 1.40 bits per heavy atom. The number of ether oxygens (including phenoxy) is 1. The van der Waals surface area contributed by atoms with Crippen LogP contribution in [0.5, 0.6) is 0 Å². The lowest BCUT2D eigenvalue weighted by Gasteiger charge is -2.25. The Kier molecular flexibility index (Phi) is 4.50. The molecule has 0 unspecified atom stereocenters. The average molecular weight is 338 g/mol. The van der Waals surface area contributed by atoms with E-state index in [1.807, 2.05) is 25.1 Å². The SMILES string of the molecule is CCOC(C)(C)CNc1ccc(N)c2cc(Br)cnc12. The average Bonchev–Trinajstić information content (AvgIpc) is 2.38. The third kappa shape index (κ3) is 3.41. The van der Waals surface area contributed by atoms with E-state index in [1.54, 1.807) is 6.20 Å². The van der Waals surface area contributed by atoms with Crippen molar-refractivity contribution in [2.45, 2.75) is 26.4 Å². The summed E-state index contributed by atoms with van der Waals surface area (Å²) in [6.07, 6.45) is 1.78. The highest BCUT2D eigenvalue weighted by Crippen LogP contribution is 2.29. The second-order valence-corrected chi connectivity index (χ2v) is 6.21. The smallest absolute Gasteiger partial charge is 0.0954 e. The fourth-order valence-electron chi connectivity index (χ4n) is 2.11. The van der Waals surface area contributed by atoms with Gasteiger partial charge in [-0.15, -0.1) is 0 Å². The van der Waals surface area contributed by atoms with E-state index >= 15 is 0 Å². The van der Waals surface area contributed by atoms with Crippen LogP contribution < -0.4 is 11.1 Å². The molecule has 5 heteroatoms. The number of rotatable bonds is 5. The number of nitrogens with one attached hydrogen (secondary N) is 1. The highest BCUT2D eigenvalue weighted by molar-refractivity contribution is 9.10. The number of nitrogens with two attached hydrogens (primary N) is 1. The van der Waals surface area contributed by atoms with Gasteiger partial charge in [0.05, 0.1) is 16.8 Å². The van der Waals surface area contributed by atoms with Crippen LogP contribution in [-0.2, 0) is 4.74 Å². The van der Waals surface area contributed by atoms with Crippen molar-refractivity contribution >= 4 is 38.2 Å². The molecule has 0 aliphatic heterocycles. The molecule has 0 amide bonds. The van der Waals surface area contributed by atoms with E-state index in [1.165, 1.54) is 0 Å². The zero-order valence-electron chi connectivity index (χ0n) is 12.0. The van der Waals surface area contributed by atoms with Crippen molar-refractivity contribution in [1.29, 1.82) is 0 Å². The highest BCUT2D eigenvalue weighted by Gasteiger charge is 2.18. The molecule has 0 spiro atoms. The molecule has 0 saturated carbocycles. The first-order valence-electron chi connectivity index (χ1n) is 6.64. The Balaban J connectivity index is 2.29. The van der Waals surface area contributed by atoms with Crippen LogP contribution in [0.3, 0.4) is 0 Å². The van der Waals surface area contributed by atoms with Crippen molar-refractivity contribution in [3.05, 3.63) is 28.9 Å². The Morgan fingerprint density at radius 2 is 2.15 bits per heavy atom. The van der Waals surface area contributed by atoms with E-state index in [-0.39, 0.29) is 5.60 Å². The molecule has 1 heterocycles. The van der Waals surface area contributed by atoms with Crippen LogP contribution >= 0.6 is 15.9 Å². The van der Waals surface area contributed by atoms with E-state index in [4.69, 9.17) is 10.5 Å². The van der Waals surface area contributed by atoms with E-state index < -0.39 is 0 Å². The quantitative estimate of drug-likeness (QED) is 0.814. The number of aromatic nitrogens is 1. The third-order valence-corrected chi connectivity index (χ3v) is 3.52. The summed E-state index contributed by atoms with van der Waals surface area (Å²) in [5.74, 6) is 0. The minimum absolute atomic E-state index is 0.224. The Morgan fingerprint density at radius 3 is 2.85 bits per heavy atom. The summed E-state index contributed by atoms with van der Waals surface area (Å²) >= 11 is 3.42. The summed E-state index contributed by atoms with van der Waals surface area (Å²) in [4.78, 5) is 4.46. The first-order valence-corrected chi connectivity index (χ1v) is 7.44. The van der Waals surface area contributed by atoms with Crippen LogP contribution in [0.15, 0.2) is 28.9 Å². The van der Waals surface area contributed by atoms with Crippen molar-refractivity contribution < 1.29 is 4.74 Å². The first-order chi connectivity index (χ1) is 9.43. The van der Waals surface area contributed by atoms with Crippen molar-refractivity contribution in [3.8, 4) is 0 Å². The second kappa shape index (κ2) is 5.97. The first kappa shape index (κ1) is 15.1. The number of nitrogens with zero attached hydrogens (tertiary/aromatic N) is 1. The number of hydrogen-bond acceptors (Lipinski definition) is 4. The predicted molar refractivity (Wildman–Crippen MR) is 88.1 cm³/mol. The summed E-state index contributed by atoms with van der Waals surface area (Å²) in [5.41, 5.74) is 8.35. The molecule has 0 fully saturated rings. The maximum atomic E-state index is 6.01. The molecular weight excluding hydrogens is 318 g/mol. The molecule has 0 atom stereocenters. The van der Waals surface area contributed by atoms with Crippen molar-refractivity contribution in [2.24, 2.45) is 0 Å². The van der Waals surface area contributed by atoms with Gasteiger partial charge in [0.2, 0.25) is 0 Å². The van der Waals surface area contributed by atoms with Gasteiger partial charge >= 0.3 is 0 Å². The summed E-state index contributed by atoms with van der Waals surface area (Å²) in [5, 5.41) is 4.34. The molecule has 0 saturated heterocycles. The van der Waals surface area contributed by atoms with Gasteiger partial charge in [0, 0.05) is 34.9 Å². The van der Waals surface area contributed by atoms with E-state index in [2.05, 4.69) is 40.1 Å².